The first kappa shape index (κ1) is 21.2. The van der Waals surface area contributed by atoms with Crippen molar-refractivity contribution >= 4 is 32.8 Å². The van der Waals surface area contributed by atoms with Gasteiger partial charge in [0.05, 0.1) is 4.90 Å². The number of hydrogen-bond donors (Lipinski definition) is 1. The van der Waals surface area contributed by atoms with Gasteiger partial charge in [0, 0.05) is 16.4 Å². The Balaban J connectivity index is 2.44. The van der Waals surface area contributed by atoms with Crippen molar-refractivity contribution in [2.24, 2.45) is 0 Å². The van der Waals surface area contributed by atoms with Gasteiger partial charge < -0.3 is 4.55 Å². The van der Waals surface area contributed by atoms with Crippen molar-refractivity contribution in [1.82, 2.24) is 4.72 Å². The molecule has 2 rings (SSSR count). The number of alkyl halides is 1. The molecule has 2 aromatic rings. The van der Waals surface area contributed by atoms with E-state index in [1.165, 1.54) is 48.5 Å². The van der Waals surface area contributed by atoms with E-state index in [0.29, 0.717) is 10.6 Å². The van der Waals surface area contributed by atoms with Crippen LogP contribution in [0.2, 0.25) is 5.02 Å². The lowest BCUT2D eigenvalue weighted by Crippen LogP contribution is -2.45. The Morgan fingerprint density at radius 2 is 1.62 bits per heavy atom. The summed E-state index contributed by atoms with van der Waals surface area (Å²) < 4.78 is 55.1. The van der Waals surface area contributed by atoms with E-state index in [9.17, 15) is 13.0 Å². The van der Waals surface area contributed by atoms with E-state index in [1.807, 2.05) is 0 Å². The molecule has 2 aromatic carbocycles. The van der Waals surface area contributed by atoms with E-state index in [-0.39, 0.29) is 4.90 Å². The van der Waals surface area contributed by atoms with Crippen molar-refractivity contribution in [3.63, 3.8) is 0 Å². The molecule has 142 valence electrons. The van der Waals surface area contributed by atoms with Gasteiger partial charge in [0.1, 0.15) is 10.8 Å². The number of hydrogen-bond acceptors (Lipinski definition) is 4. The van der Waals surface area contributed by atoms with E-state index < -0.39 is 37.5 Å². The minimum atomic E-state index is -4.28. The van der Waals surface area contributed by atoms with Crippen LogP contribution in [0.1, 0.15) is 32.4 Å². The van der Waals surface area contributed by atoms with E-state index in [2.05, 4.69) is 4.72 Å². The van der Waals surface area contributed by atoms with Crippen molar-refractivity contribution in [3.8, 4) is 0 Å². The summed E-state index contributed by atoms with van der Waals surface area (Å²) in [6, 6.07) is 12.2. The summed E-state index contributed by atoms with van der Waals surface area (Å²) in [6.45, 7) is 5.15. The highest BCUT2D eigenvalue weighted by molar-refractivity contribution is 7.92. The predicted octanol–water partition coefficient (Wildman–Crippen LogP) is 4.20. The van der Waals surface area contributed by atoms with Gasteiger partial charge in [0.25, 0.3) is 0 Å². The van der Waals surface area contributed by atoms with Crippen LogP contribution >= 0.6 is 11.6 Å². The molecule has 0 saturated heterocycles. The second-order valence-electron chi connectivity index (χ2n) is 6.74. The van der Waals surface area contributed by atoms with Crippen molar-refractivity contribution in [1.29, 1.82) is 0 Å². The van der Waals surface area contributed by atoms with Crippen LogP contribution in [0.4, 0.5) is 4.39 Å². The second-order valence-corrected chi connectivity index (χ2v) is 11.2. The van der Waals surface area contributed by atoms with Crippen LogP contribution in [0, 0.1) is 0 Å². The molecule has 26 heavy (non-hydrogen) atoms. The Hall–Kier alpha value is -1.12. The summed E-state index contributed by atoms with van der Waals surface area (Å²) in [5, 5.41) is 0.436. The molecule has 0 saturated carbocycles. The summed E-state index contributed by atoms with van der Waals surface area (Å²) in [4.78, 5) is -0.130. The van der Waals surface area contributed by atoms with Gasteiger partial charge in [-0.15, -0.1) is 4.72 Å². The molecular formula is C18H21ClFNO3S2. The van der Waals surface area contributed by atoms with Gasteiger partial charge in [0.15, 0.2) is 0 Å². The van der Waals surface area contributed by atoms with E-state index in [0.717, 1.165) is 0 Å². The molecule has 0 amide bonds. The normalized spacial score (nSPS) is 16.1. The number of benzene rings is 2. The van der Waals surface area contributed by atoms with E-state index in [4.69, 9.17) is 11.6 Å². The van der Waals surface area contributed by atoms with Gasteiger partial charge in [-0.25, -0.2) is 12.8 Å². The summed E-state index contributed by atoms with van der Waals surface area (Å²) in [7, 11) is -4.28. The van der Waals surface area contributed by atoms with Crippen LogP contribution in [0.5, 0.6) is 0 Å². The Labute approximate surface area is 162 Å². The second kappa shape index (κ2) is 8.27. The van der Waals surface area contributed by atoms with Crippen LogP contribution in [0.3, 0.4) is 0 Å². The van der Waals surface area contributed by atoms with Gasteiger partial charge in [-0.05, 0) is 50.6 Å². The molecule has 0 aliphatic carbocycles. The third kappa shape index (κ3) is 4.98. The standard InChI is InChI=1S/C18H21ClFNO3S2/c1-18(2,3)25(22)21-16(13-9-11-14(19)12-10-13)17(20)26(23,24)15-7-5-4-6-8-15/h4-12,16-17,21H,1-3H3/t16-,17-,25?/m0/s1. The van der Waals surface area contributed by atoms with Gasteiger partial charge in [-0.2, -0.15) is 0 Å². The van der Waals surface area contributed by atoms with Gasteiger partial charge in [0.2, 0.25) is 15.3 Å². The Bertz CT molecular complexity index is 824. The maximum absolute atomic E-state index is 15.2. The quantitative estimate of drug-likeness (QED) is 0.715. The molecule has 8 heteroatoms. The number of rotatable bonds is 6. The first-order valence-corrected chi connectivity index (χ1v) is 11.0. The zero-order valence-electron chi connectivity index (χ0n) is 14.6. The molecule has 0 spiro atoms. The van der Waals surface area contributed by atoms with Gasteiger partial charge in [-0.1, -0.05) is 41.9 Å². The first-order valence-electron chi connectivity index (χ1n) is 7.90. The maximum Gasteiger partial charge on any atom is 0.228 e. The number of nitrogens with one attached hydrogen (secondary N) is 1. The summed E-state index contributed by atoms with van der Waals surface area (Å²) in [5.74, 6) is 0. The lowest BCUT2D eigenvalue weighted by Gasteiger charge is -2.29. The minimum Gasteiger partial charge on any atom is -0.598 e. The Morgan fingerprint density at radius 1 is 1.08 bits per heavy atom. The maximum atomic E-state index is 15.2. The topological polar surface area (TPSA) is 69.2 Å². The zero-order chi connectivity index (χ0) is 19.5. The fourth-order valence-electron chi connectivity index (χ4n) is 2.15. The highest BCUT2D eigenvalue weighted by atomic mass is 35.5. The molecular weight excluding hydrogens is 397 g/mol. The molecule has 0 aliphatic heterocycles. The zero-order valence-corrected chi connectivity index (χ0v) is 17.0. The molecule has 3 atom stereocenters. The Morgan fingerprint density at radius 3 is 2.12 bits per heavy atom. The summed E-state index contributed by atoms with van der Waals surface area (Å²) in [5.41, 5.74) is -1.98. The highest BCUT2D eigenvalue weighted by Gasteiger charge is 2.40. The average Bonchev–Trinajstić information content (AvgIpc) is 2.59. The number of halogens is 2. The van der Waals surface area contributed by atoms with Crippen LogP contribution in [0.15, 0.2) is 59.5 Å². The largest absolute Gasteiger partial charge is 0.598 e. The van der Waals surface area contributed by atoms with Crippen molar-refractivity contribution < 1.29 is 17.4 Å². The van der Waals surface area contributed by atoms with Crippen LogP contribution in [-0.2, 0) is 21.2 Å². The third-order valence-corrected chi connectivity index (χ3v) is 7.28. The van der Waals surface area contributed by atoms with Crippen LogP contribution < -0.4 is 4.72 Å². The summed E-state index contributed by atoms with van der Waals surface area (Å²) >= 11 is 4.20. The fraction of sp³-hybridized carbons (Fsp3) is 0.333. The molecule has 1 unspecified atom stereocenters. The fourth-order valence-corrected chi connectivity index (χ4v) is 4.59. The highest BCUT2D eigenvalue weighted by Crippen LogP contribution is 2.31. The molecule has 0 aromatic heterocycles. The van der Waals surface area contributed by atoms with Crippen LogP contribution in [-0.4, -0.2) is 23.2 Å². The van der Waals surface area contributed by atoms with Crippen molar-refractivity contribution in [2.45, 2.75) is 42.0 Å². The van der Waals surface area contributed by atoms with Gasteiger partial charge >= 0.3 is 0 Å². The van der Waals surface area contributed by atoms with Crippen molar-refractivity contribution in [2.75, 3.05) is 0 Å². The summed E-state index contributed by atoms with van der Waals surface area (Å²) in [6.07, 6.45) is 0. The lowest BCUT2D eigenvalue weighted by molar-refractivity contribution is 0.350. The predicted molar refractivity (Wildman–Crippen MR) is 104 cm³/mol. The van der Waals surface area contributed by atoms with Gasteiger partial charge in [-0.3, -0.25) is 0 Å². The molecule has 0 heterocycles. The smallest absolute Gasteiger partial charge is 0.228 e. The average molecular weight is 418 g/mol. The number of sulfone groups is 1. The molecule has 0 fully saturated rings. The monoisotopic (exact) mass is 417 g/mol. The molecule has 1 N–H and O–H groups in total. The van der Waals surface area contributed by atoms with E-state index >= 15 is 4.39 Å². The SMILES string of the molecule is CC(C)(C)[S+]([O-])N[C@@H](c1ccc(Cl)cc1)[C@@H](F)S(=O)(=O)c1ccccc1. The third-order valence-electron chi connectivity index (χ3n) is 3.65. The lowest BCUT2D eigenvalue weighted by atomic mass is 10.1. The van der Waals surface area contributed by atoms with E-state index in [1.54, 1.807) is 26.8 Å². The molecule has 0 bridgehead atoms. The molecule has 4 nitrogen and oxygen atoms in total. The van der Waals surface area contributed by atoms with Crippen molar-refractivity contribution in [3.05, 3.63) is 65.2 Å². The minimum absolute atomic E-state index is 0.130. The van der Waals surface area contributed by atoms with Crippen LogP contribution in [0.25, 0.3) is 0 Å². The molecule has 0 aliphatic rings. The Kier molecular flexibility index (Phi) is 6.74. The first-order chi connectivity index (χ1) is 12.0. The molecule has 0 radical (unpaired) electrons.